The van der Waals surface area contributed by atoms with Crippen LogP contribution in [-0.2, 0) is 0 Å². The summed E-state index contributed by atoms with van der Waals surface area (Å²) in [4.78, 5) is 2.53. The number of rotatable bonds is 1. The number of hydrogen-bond acceptors (Lipinski definition) is 2. The van der Waals surface area contributed by atoms with Gasteiger partial charge in [-0.2, -0.15) is 0 Å². The fraction of sp³-hybridized carbons (Fsp3) is 1.00. The second-order valence-electron chi connectivity index (χ2n) is 3.31. The molecule has 1 rings (SSSR count). The van der Waals surface area contributed by atoms with Crippen molar-refractivity contribution < 1.29 is 0 Å². The average Bonchev–Trinajstić information content (AvgIpc) is 1.86. The van der Waals surface area contributed by atoms with Crippen molar-refractivity contribution in [3.63, 3.8) is 0 Å². The van der Waals surface area contributed by atoms with E-state index in [1.807, 2.05) is 0 Å². The molecular weight excluding hydrogens is 366 g/mol. The van der Waals surface area contributed by atoms with Crippen molar-refractivity contribution >= 4 is 45.5 Å². The Morgan fingerprint density at radius 2 is 1.55 bits per heavy atom. The summed E-state index contributed by atoms with van der Waals surface area (Å²) in [6.45, 7) is 9.37. The molecule has 0 N–H and O–H groups in total. The number of nitrogens with zero attached hydrogens (tertiary/aromatic N) is 2. The van der Waals surface area contributed by atoms with Gasteiger partial charge in [-0.15, -0.1) is 0 Å². The van der Waals surface area contributed by atoms with Gasteiger partial charge >= 0.3 is 0 Å². The van der Waals surface area contributed by atoms with Gasteiger partial charge in [-0.25, -0.2) is 3.11 Å². The molecule has 0 unspecified atom stereocenters. The third-order valence-electron chi connectivity index (χ3n) is 1.98. The van der Waals surface area contributed by atoms with Gasteiger partial charge < -0.3 is 0 Å². The molecule has 0 saturated carbocycles. The summed E-state index contributed by atoms with van der Waals surface area (Å²) in [5.41, 5.74) is 0. The first kappa shape index (κ1) is 10.5. The summed E-state index contributed by atoms with van der Waals surface area (Å²) in [5, 5.41) is 0. The number of piperazine rings is 1. The van der Waals surface area contributed by atoms with E-state index < -0.39 is 0 Å². The summed E-state index contributed by atoms with van der Waals surface area (Å²) in [6.07, 6.45) is 0. The van der Waals surface area contributed by atoms with Gasteiger partial charge in [-0.3, -0.25) is 4.90 Å². The zero-order valence-corrected chi connectivity index (χ0v) is 11.3. The minimum atomic E-state index is 0.329. The molecule has 11 heavy (non-hydrogen) atoms. The van der Waals surface area contributed by atoms with Crippen LogP contribution in [0.2, 0.25) is 0 Å². The molecule has 66 valence electrons. The Balaban J connectivity index is 2.39. The maximum atomic E-state index is 2.53. The van der Waals surface area contributed by atoms with Crippen LogP contribution < -0.4 is 0 Å². The molecule has 0 aromatic rings. The Hall–Kier alpha value is 1.38. The van der Waals surface area contributed by atoms with E-state index in [1.165, 1.54) is 26.2 Å². The lowest BCUT2D eigenvalue weighted by molar-refractivity contribution is 0.158. The predicted molar refractivity (Wildman–Crippen MR) is 65.3 cm³/mol. The summed E-state index contributed by atoms with van der Waals surface area (Å²) in [7, 11) is 0. The fourth-order valence-corrected chi connectivity index (χ4v) is 2.13. The highest BCUT2D eigenvalue weighted by Crippen LogP contribution is 2.24. The average molecular weight is 380 g/mol. The highest BCUT2D eigenvalue weighted by molar-refractivity contribution is 14.1. The van der Waals surface area contributed by atoms with Crippen molar-refractivity contribution in [2.24, 2.45) is 0 Å². The molecule has 0 radical (unpaired) electrons. The van der Waals surface area contributed by atoms with Crippen LogP contribution in [0, 0.1) is 0 Å². The fourth-order valence-electron chi connectivity index (χ4n) is 1.21. The Morgan fingerprint density at radius 3 is 1.91 bits per heavy atom. The standard InChI is InChI=1S/C7H14I2N2/c1-7(2,8)10-3-5-11(9)6-4-10/h3-6H2,1-2H3. The van der Waals surface area contributed by atoms with Gasteiger partial charge in [-0.05, 0) is 13.8 Å². The van der Waals surface area contributed by atoms with Gasteiger partial charge in [-0.1, -0.05) is 22.6 Å². The van der Waals surface area contributed by atoms with E-state index in [0.29, 0.717) is 3.55 Å². The minimum absolute atomic E-state index is 0.329. The predicted octanol–water partition coefficient (Wildman–Crippen LogP) is 2.13. The zero-order chi connectivity index (χ0) is 8.48. The number of alkyl halides is 1. The topological polar surface area (TPSA) is 6.48 Å². The monoisotopic (exact) mass is 380 g/mol. The quantitative estimate of drug-likeness (QED) is 0.298. The molecule has 1 saturated heterocycles. The summed E-state index contributed by atoms with van der Waals surface area (Å²) < 4.78 is 2.69. The molecule has 0 bridgehead atoms. The van der Waals surface area contributed by atoms with Gasteiger partial charge in [0.1, 0.15) is 0 Å². The van der Waals surface area contributed by atoms with Gasteiger partial charge in [0, 0.05) is 49.0 Å². The maximum Gasteiger partial charge on any atom is 0.0674 e. The second-order valence-corrected chi connectivity index (χ2v) is 7.31. The molecule has 4 heteroatoms. The molecule has 0 aromatic heterocycles. The molecule has 0 atom stereocenters. The third kappa shape index (κ3) is 3.31. The normalized spacial score (nSPS) is 24.0. The van der Waals surface area contributed by atoms with E-state index in [2.05, 4.69) is 67.3 Å². The largest absolute Gasteiger partial charge is 0.287 e. The van der Waals surface area contributed by atoms with Crippen LogP contribution >= 0.6 is 45.5 Å². The lowest BCUT2D eigenvalue weighted by Crippen LogP contribution is -2.49. The first-order valence-corrected chi connectivity index (χ1v) is 5.89. The van der Waals surface area contributed by atoms with Gasteiger partial charge in [0.05, 0.1) is 3.55 Å². The van der Waals surface area contributed by atoms with Crippen molar-refractivity contribution in [1.29, 1.82) is 0 Å². The van der Waals surface area contributed by atoms with Crippen molar-refractivity contribution in [3.05, 3.63) is 0 Å². The molecule has 0 aliphatic carbocycles. The Morgan fingerprint density at radius 1 is 1.09 bits per heavy atom. The lowest BCUT2D eigenvalue weighted by atomic mass is 10.3. The lowest BCUT2D eigenvalue weighted by Gasteiger charge is -2.39. The molecule has 1 fully saturated rings. The van der Waals surface area contributed by atoms with Gasteiger partial charge in [0.25, 0.3) is 0 Å². The van der Waals surface area contributed by atoms with E-state index in [0.717, 1.165) is 0 Å². The van der Waals surface area contributed by atoms with Gasteiger partial charge in [0.2, 0.25) is 0 Å². The zero-order valence-electron chi connectivity index (χ0n) is 6.98. The molecule has 0 aromatic carbocycles. The summed E-state index contributed by atoms with van der Waals surface area (Å²) in [6, 6.07) is 0. The number of halogens is 2. The van der Waals surface area contributed by atoms with Crippen LogP contribution in [0.1, 0.15) is 13.8 Å². The molecule has 2 nitrogen and oxygen atoms in total. The molecule has 0 spiro atoms. The Labute approximate surface area is 96.3 Å². The minimum Gasteiger partial charge on any atom is -0.287 e. The van der Waals surface area contributed by atoms with E-state index in [1.54, 1.807) is 0 Å². The Bertz CT molecular complexity index is 125. The first-order chi connectivity index (χ1) is 5.00. The second kappa shape index (κ2) is 4.06. The molecule has 0 amide bonds. The summed E-state index contributed by atoms with van der Waals surface area (Å²) >= 11 is 4.91. The van der Waals surface area contributed by atoms with Crippen molar-refractivity contribution in [3.8, 4) is 0 Å². The highest BCUT2D eigenvalue weighted by atomic mass is 127. The SMILES string of the molecule is CC(C)(I)N1CCN(I)CC1. The molecular formula is C7H14I2N2. The first-order valence-electron chi connectivity index (χ1n) is 3.85. The number of hydrogen-bond donors (Lipinski definition) is 0. The molecule has 1 aliphatic heterocycles. The van der Waals surface area contributed by atoms with Crippen LogP contribution in [0.15, 0.2) is 0 Å². The van der Waals surface area contributed by atoms with E-state index in [4.69, 9.17) is 0 Å². The maximum absolute atomic E-state index is 2.53. The third-order valence-corrected chi connectivity index (χ3v) is 3.62. The highest BCUT2D eigenvalue weighted by Gasteiger charge is 2.26. The van der Waals surface area contributed by atoms with Crippen LogP contribution in [0.4, 0.5) is 0 Å². The Kier molecular flexibility index (Phi) is 3.86. The molecule has 1 aliphatic rings. The van der Waals surface area contributed by atoms with Crippen LogP contribution in [0.5, 0.6) is 0 Å². The van der Waals surface area contributed by atoms with Crippen molar-refractivity contribution in [2.75, 3.05) is 26.2 Å². The van der Waals surface area contributed by atoms with Crippen LogP contribution in [-0.4, -0.2) is 37.7 Å². The molecule has 1 heterocycles. The van der Waals surface area contributed by atoms with Crippen molar-refractivity contribution in [1.82, 2.24) is 8.01 Å². The summed E-state index contributed by atoms with van der Waals surface area (Å²) in [5.74, 6) is 0. The van der Waals surface area contributed by atoms with Gasteiger partial charge in [0.15, 0.2) is 0 Å². The van der Waals surface area contributed by atoms with E-state index >= 15 is 0 Å². The smallest absolute Gasteiger partial charge is 0.0674 e. The van der Waals surface area contributed by atoms with Crippen LogP contribution in [0.25, 0.3) is 0 Å². The van der Waals surface area contributed by atoms with Crippen molar-refractivity contribution in [2.45, 2.75) is 17.4 Å². The van der Waals surface area contributed by atoms with E-state index in [9.17, 15) is 0 Å². The van der Waals surface area contributed by atoms with Crippen LogP contribution in [0.3, 0.4) is 0 Å². The van der Waals surface area contributed by atoms with E-state index in [-0.39, 0.29) is 0 Å².